The van der Waals surface area contributed by atoms with Gasteiger partial charge >= 0.3 is 0 Å². The van der Waals surface area contributed by atoms with Gasteiger partial charge in [-0.15, -0.1) is 6.58 Å². The molecule has 0 aliphatic rings. The van der Waals surface area contributed by atoms with Crippen molar-refractivity contribution in [3.05, 3.63) is 37.0 Å². The van der Waals surface area contributed by atoms with E-state index in [9.17, 15) is 0 Å². The van der Waals surface area contributed by atoms with Crippen LogP contribution in [0.1, 0.15) is 26.2 Å². The van der Waals surface area contributed by atoms with E-state index in [-0.39, 0.29) is 0 Å². The van der Waals surface area contributed by atoms with Crippen LogP contribution in [0.4, 0.5) is 0 Å². The predicted octanol–water partition coefficient (Wildman–Crippen LogP) is 3.48. The number of hydrogen-bond acceptors (Lipinski definition) is 0. The van der Waals surface area contributed by atoms with E-state index in [0.717, 1.165) is 12.8 Å². The van der Waals surface area contributed by atoms with Gasteiger partial charge in [0.05, 0.1) is 0 Å². The van der Waals surface area contributed by atoms with Crippen molar-refractivity contribution in [3.8, 4) is 0 Å². The highest BCUT2D eigenvalue weighted by Gasteiger charge is 1.84. The smallest absolute Gasteiger partial charge is 0.0104 e. The highest BCUT2D eigenvalue weighted by Crippen LogP contribution is 2.05. The van der Waals surface area contributed by atoms with Crippen molar-refractivity contribution in [2.75, 3.05) is 0 Å². The minimum Gasteiger partial charge on any atom is -0.103 e. The van der Waals surface area contributed by atoms with Gasteiger partial charge in [-0.05, 0) is 18.4 Å². The minimum absolute atomic E-state index is 0.948. The van der Waals surface area contributed by atoms with E-state index in [4.69, 9.17) is 0 Å². The van der Waals surface area contributed by atoms with Gasteiger partial charge < -0.3 is 0 Å². The van der Waals surface area contributed by atoms with Gasteiger partial charge in [-0.1, -0.05) is 38.2 Å². The lowest BCUT2D eigenvalue weighted by molar-refractivity contribution is 0.948. The van der Waals surface area contributed by atoms with Crippen LogP contribution in [0, 0.1) is 0 Å². The first-order chi connectivity index (χ1) is 4.85. The van der Waals surface area contributed by atoms with Crippen molar-refractivity contribution >= 4 is 0 Å². The van der Waals surface area contributed by atoms with Crippen molar-refractivity contribution in [1.29, 1.82) is 0 Å². The van der Waals surface area contributed by atoms with E-state index in [1.165, 1.54) is 12.0 Å². The van der Waals surface area contributed by atoms with Crippen molar-refractivity contribution in [2.45, 2.75) is 26.2 Å². The van der Waals surface area contributed by atoms with Gasteiger partial charge in [0, 0.05) is 0 Å². The summed E-state index contributed by atoms with van der Waals surface area (Å²) in [6, 6.07) is 0. The molecule has 0 amide bonds. The van der Waals surface area contributed by atoms with Crippen LogP contribution < -0.4 is 0 Å². The van der Waals surface area contributed by atoms with Gasteiger partial charge in [0.15, 0.2) is 0 Å². The molecule has 0 heteroatoms. The summed E-state index contributed by atoms with van der Waals surface area (Å²) in [4.78, 5) is 0. The molecule has 0 atom stereocenters. The highest BCUT2D eigenvalue weighted by atomic mass is 13.9. The molecule has 0 saturated carbocycles. The van der Waals surface area contributed by atoms with E-state index in [0.29, 0.717) is 0 Å². The van der Waals surface area contributed by atoms with Crippen LogP contribution in [-0.4, -0.2) is 0 Å². The third-order valence-electron chi connectivity index (χ3n) is 1.34. The average Bonchev–Trinajstić information content (AvgIpc) is 1.98. The quantitative estimate of drug-likeness (QED) is 0.401. The Hall–Kier alpha value is -0.780. The Morgan fingerprint density at radius 2 is 2.10 bits per heavy atom. The SMILES string of the molecule is C=CCC(C=C)=CCCC. The van der Waals surface area contributed by atoms with Gasteiger partial charge in [-0.25, -0.2) is 0 Å². The molecule has 0 nitrogen and oxygen atoms in total. The molecule has 0 spiro atoms. The topological polar surface area (TPSA) is 0 Å². The lowest BCUT2D eigenvalue weighted by Crippen LogP contribution is -1.74. The Bertz CT molecular complexity index is 129. The molecule has 0 radical (unpaired) electrons. The number of unbranched alkanes of at least 4 members (excludes halogenated alkanes) is 1. The zero-order valence-electron chi connectivity index (χ0n) is 6.77. The summed E-state index contributed by atoms with van der Waals surface area (Å²) < 4.78 is 0. The fraction of sp³-hybridized carbons (Fsp3) is 0.400. The maximum absolute atomic E-state index is 3.72. The Balaban J connectivity index is 3.77. The molecule has 0 rings (SSSR count). The maximum atomic E-state index is 3.72. The summed E-state index contributed by atoms with van der Waals surface area (Å²) in [5.41, 5.74) is 1.29. The minimum atomic E-state index is 0.948. The molecular formula is C10H16. The highest BCUT2D eigenvalue weighted by molar-refractivity contribution is 5.18. The van der Waals surface area contributed by atoms with Crippen molar-refractivity contribution in [3.63, 3.8) is 0 Å². The van der Waals surface area contributed by atoms with Crippen molar-refractivity contribution in [2.24, 2.45) is 0 Å². The van der Waals surface area contributed by atoms with Crippen LogP contribution in [0.2, 0.25) is 0 Å². The fourth-order valence-corrected chi connectivity index (χ4v) is 0.746. The molecule has 0 aromatic rings. The Kier molecular flexibility index (Phi) is 5.85. The first kappa shape index (κ1) is 9.22. The standard InChI is InChI=1S/C10H16/c1-4-7-9-10(6-3)8-5-2/h5-6,9H,2-4,7-8H2,1H3. The summed E-state index contributed by atoms with van der Waals surface area (Å²) >= 11 is 0. The molecule has 0 heterocycles. The molecule has 0 aromatic heterocycles. The van der Waals surface area contributed by atoms with Gasteiger partial charge in [-0.2, -0.15) is 0 Å². The zero-order valence-corrected chi connectivity index (χ0v) is 6.77. The summed E-state index contributed by atoms with van der Waals surface area (Å²) in [5.74, 6) is 0. The molecule has 56 valence electrons. The van der Waals surface area contributed by atoms with Crippen molar-refractivity contribution < 1.29 is 0 Å². The second kappa shape index (κ2) is 6.34. The number of hydrogen-bond donors (Lipinski definition) is 0. The largest absolute Gasteiger partial charge is 0.103 e. The Morgan fingerprint density at radius 1 is 1.40 bits per heavy atom. The maximum Gasteiger partial charge on any atom is -0.0104 e. The molecule has 0 aromatic carbocycles. The Morgan fingerprint density at radius 3 is 2.50 bits per heavy atom. The first-order valence-electron chi connectivity index (χ1n) is 3.77. The fourth-order valence-electron chi connectivity index (χ4n) is 0.746. The normalized spacial score (nSPS) is 11.1. The molecule has 0 N–H and O–H groups in total. The average molecular weight is 136 g/mol. The lowest BCUT2D eigenvalue weighted by Gasteiger charge is -1.94. The van der Waals surface area contributed by atoms with E-state index >= 15 is 0 Å². The second-order valence-corrected chi connectivity index (χ2v) is 2.26. The molecule has 0 aliphatic heterocycles. The molecule has 0 bridgehead atoms. The third kappa shape index (κ3) is 4.13. The number of allylic oxidation sites excluding steroid dienone is 4. The molecule has 0 fully saturated rings. The molecular weight excluding hydrogens is 120 g/mol. The van der Waals surface area contributed by atoms with E-state index in [1.54, 1.807) is 0 Å². The molecule has 10 heavy (non-hydrogen) atoms. The third-order valence-corrected chi connectivity index (χ3v) is 1.34. The zero-order chi connectivity index (χ0) is 7.82. The molecule has 0 aliphatic carbocycles. The summed E-state index contributed by atoms with van der Waals surface area (Å²) in [7, 11) is 0. The summed E-state index contributed by atoms with van der Waals surface area (Å²) in [5, 5.41) is 0. The Labute approximate surface area is 64.0 Å². The van der Waals surface area contributed by atoms with Crippen LogP contribution >= 0.6 is 0 Å². The van der Waals surface area contributed by atoms with Crippen LogP contribution in [-0.2, 0) is 0 Å². The molecule has 0 saturated heterocycles. The van der Waals surface area contributed by atoms with Gasteiger partial charge in [0.25, 0.3) is 0 Å². The number of rotatable bonds is 5. The van der Waals surface area contributed by atoms with Gasteiger partial charge in [-0.3, -0.25) is 0 Å². The van der Waals surface area contributed by atoms with Gasteiger partial charge in [0.2, 0.25) is 0 Å². The van der Waals surface area contributed by atoms with Crippen LogP contribution in [0.25, 0.3) is 0 Å². The summed E-state index contributed by atoms with van der Waals surface area (Å²) in [6.07, 6.45) is 9.32. The monoisotopic (exact) mass is 136 g/mol. The van der Waals surface area contributed by atoms with Crippen LogP contribution in [0.15, 0.2) is 37.0 Å². The lowest BCUT2D eigenvalue weighted by atomic mass is 10.1. The van der Waals surface area contributed by atoms with Crippen molar-refractivity contribution in [1.82, 2.24) is 0 Å². The van der Waals surface area contributed by atoms with E-state index in [1.807, 2.05) is 12.2 Å². The van der Waals surface area contributed by atoms with Gasteiger partial charge in [0.1, 0.15) is 0 Å². The van der Waals surface area contributed by atoms with Crippen LogP contribution in [0.3, 0.4) is 0 Å². The summed E-state index contributed by atoms with van der Waals surface area (Å²) in [6.45, 7) is 9.56. The van der Waals surface area contributed by atoms with E-state index < -0.39 is 0 Å². The van der Waals surface area contributed by atoms with Crippen LogP contribution in [0.5, 0.6) is 0 Å². The predicted molar refractivity (Wildman–Crippen MR) is 48.0 cm³/mol. The second-order valence-electron chi connectivity index (χ2n) is 2.26. The first-order valence-corrected chi connectivity index (χ1v) is 3.77. The van der Waals surface area contributed by atoms with E-state index in [2.05, 4.69) is 26.2 Å². The molecule has 0 unspecified atom stereocenters.